The van der Waals surface area contributed by atoms with Crippen LogP contribution in [0.4, 0.5) is 30.4 Å². The summed E-state index contributed by atoms with van der Waals surface area (Å²) in [5.41, 5.74) is 6.57. The molecule has 0 unspecified atom stereocenters. The molecule has 4 heterocycles. The first-order valence-corrected chi connectivity index (χ1v) is 15.3. The number of aromatic nitrogens is 2. The predicted octanol–water partition coefficient (Wildman–Crippen LogP) is 5.18. The number of hydrogen-bond donors (Lipinski definition) is 2. The van der Waals surface area contributed by atoms with Gasteiger partial charge in [0.05, 0.1) is 48.9 Å². The Labute approximate surface area is 253 Å². The average molecular weight is 635 g/mol. The monoisotopic (exact) mass is 634 g/mol. The SMILES string of the molecule is COc1nc2c(cc1O[C@H]1CCOC1)C(N[C@H](C)c1cc(N)cc(C(F)(F)F)c1)=NS(=O)(=O)N2c1c(C)ccnc1C(C)C. The number of amidine groups is 1. The molecule has 236 valence electrons. The number of alkyl halides is 3. The molecule has 2 aromatic heterocycles. The van der Waals surface area contributed by atoms with Gasteiger partial charge in [-0.15, -0.1) is 4.40 Å². The summed E-state index contributed by atoms with van der Waals surface area (Å²) < 4.78 is 90.8. The van der Waals surface area contributed by atoms with Crippen molar-refractivity contribution in [3.05, 3.63) is 64.5 Å². The number of methoxy groups -OCH3 is 1. The molecule has 2 atom stereocenters. The van der Waals surface area contributed by atoms with Crippen molar-refractivity contribution in [3.63, 3.8) is 0 Å². The Morgan fingerprint density at radius 3 is 2.57 bits per heavy atom. The van der Waals surface area contributed by atoms with E-state index in [9.17, 15) is 21.6 Å². The van der Waals surface area contributed by atoms with E-state index < -0.39 is 28.0 Å². The van der Waals surface area contributed by atoms with Gasteiger partial charge in [-0.1, -0.05) is 13.8 Å². The van der Waals surface area contributed by atoms with Gasteiger partial charge in [0.15, 0.2) is 17.4 Å². The van der Waals surface area contributed by atoms with Gasteiger partial charge < -0.3 is 25.3 Å². The molecule has 0 amide bonds. The molecule has 0 spiro atoms. The molecular weight excluding hydrogens is 601 g/mol. The van der Waals surface area contributed by atoms with Gasteiger partial charge in [-0.2, -0.15) is 30.9 Å². The number of anilines is 3. The highest BCUT2D eigenvalue weighted by Gasteiger charge is 2.39. The van der Waals surface area contributed by atoms with Gasteiger partial charge in [0.2, 0.25) is 0 Å². The fourth-order valence-corrected chi connectivity index (χ4v) is 6.38. The number of fused-ring (bicyclic) bond motifs is 1. The number of nitrogens with zero attached hydrogens (tertiary/aromatic N) is 4. The van der Waals surface area contributed by atoms with E-state index in [1.807, 2.05) is 13.8 Å². The van der Waals surface area contributed by atoms with E-state index >= 15 is 0 Å². The number of nitrogens with one attached hydrogen (secondary N) is 1. The lowest BCUT2D eigenvalue weighted by Gasteiger charge is -2.32. The number of hydrogen-bond acceptors (Lipinski definition) is 9. The Morgan fingerprint density at radius 2 is 1.93 bits per heavy atom. The number of halogens is 3. The van der Waals surface area contributed by atoms with E-state index in [-0.39, 0.29) is 57.8 Å². The van der Waals surface area contributed by atoms with Crippen LogP contribution < -0.4 is 24.8 Å². The van der Waals surface area contributed by atoms with Crippen molar-refractivity contribution in [2.75, 3.05) is 30.4 Å². The maximum absolute atomic E-state index is 14.0. The number of benzene rings is 1. The summed E-state index contributed by atoms with van der Waals surface area (Å²) in [7, 11) is -3.12. The van der Waals surface area contributed by atoms with Crippen molar-refractivity contribution < 1.29 is 35.8 Å². The summed E-state index contributed by atoms with van der Waals surface area (Å²) >= 11 is 0. The maximum atomic E-state index is 14.0. The molecule has 2 aliphatic rings. The lowest BCUT2D eigenvalue weighted by Crippen LogP contribution is -2.39. The standard InChI is InChI=1S/C29H33F3N6O5S/c1-15(2)24-25(16(3)6-8-34-24)38-27-22(13-23(28(36-27)41-5)43-21-7-9-42-14-21)26(37-44(38,39)40)35-17(4)18-10-19(29(30,31)32)12-20(33)11-18/h6,8,10-13,15,17,21H,7,9,14,33H2,1-5H3,(H,35,37)/t17-,21+/m1/s1. The van der Waals surface area contributed by atoms with E-state index in [0.717, 1.165) is 16.4 Å². The number of pyridine rings is 2. The minimum Gasteiger partial charge on any atom is -0.482 e. The van der Waals surface area contributed by atoms with Crippen molar-refractivity contribution in [1.82, 2.24) is 15.3 Å². The van der Waals surface area contributed by atoms with Crippen LogP contribution in [0, 0.1) is 6.92 Å². The summed E-state index contributed by atoms with van der Waals surface area (Å²) in [5.74, 6) is -0.0922. The molecule has 3 aromatic rings. The van der Waals surface area contributed by atoms with E-state index in [2.05, 4.69) is 19.7 Å². The molecular formula is C29H33F3N6O5S. The fraction of sp³-hybridized carbons (Fsp3) is 0.414. The highest BCUT2D eigenvalue weighted by atomic mass is 32.2. The molecule has 11 nitrogen and oxygen atoms in total. The first kappa shape index (κ1) is 31.3. The first-order valence-electron chi connectivity index (χ1n) is 13.9. The van der Waals surface area contributed by atoms with Crippen LogP contribution in [0.3, 0.4) is 0 Å². The Morgan fingerprint density at radius 1 is 1.18 bits per heavy atom. The van der Waals surface area contributed by atoms with Gasteiger partial charge in [0.25, 0.3) is 5.88 Å². The lowest BCUT2D eigenvalue weighted by molar-refractivity contribution is -0.137. The first-order chi connectivity index (χ1) is 20.7. The topological polar surface area (TPSA) is 141 Å². The minimum atomic E-state index is -4.63. The van der Waals surface area contributed by atoms with E-state index in [1.165, 1.54) is 13.2 Å². The molecule has 0 aliphatic carbocycles. The Balaban J connectivity index is 1.68. The number of rotatable bonds is 7. The maximum Gasteiger partial charge on any atom is 0.416 e. The zero-order valence-corrected chi connectivity index (χ0v) is 25.6. The summed E-state index contributed by atoms with van der Waals surface area (Å²) in [5, 5.41) is 2.98. The van der Waals surface area contributed by atoms with Gasteiger partial charge in [0.1, 0.15) is 6.10 Å². The largest absolute Gasteiger partial charge is 0.482 e. The third kappa shape index (κ3) is 6.11. The minimum absolute atomic E-state index is 0.0310. The highest BCUT2D eigenvalue weighted by Crippen LogP contribution is 2.43. The van der Waals surface area contributed by atoms with E-state index in [1.54, 1.807) is 32.2 Å². The van der Waals surface area contributed by atoms with Crippen LogP contribution in [0.15, 0.2) is 40.9 Å². The number of nitrogens with two attached hydrogens (primary N) is 1. The molecule has 44 heavy (non-hydrogen) atoms. The van der Waals surface area contributed by atoms with Crippen molar-refractivity contribution >= 4 is 33.2 Å². The molecule has 3 N–H and O–H groups in total. The van der Waals surface area contributed by atoms with Crippen molar-refractivity contribution in [2.24, 2.45) is 4.40 Å². The van der Waals surface area contributed by atoms with Gasteiger partial charge in [-0.3, -0.25) is 4.98 Å². The number of aryl methyl sites for hydroxylation is 1. The second-order valence-corrected chi connectivity index (χ2v) is 12.4. The Kier molecular flexibility index (Phi) is 8.37. The van der Waals surface area contributed by atoms with Crippen LogP contribution in [0.25, 0.3) is 0 Å². The Bertz CT molecular complexity index is 1710. The summed E-state index contributed by atoms with van der Waals surface area (Å²) in [6.07, 6.45) is -2.70. The Hall–Kier alpha value is -4.11. The van der Waals surface area contributed by atoms with Crippen molar-refractivity contribution in [2.45, 2.75) is 58.4 Å². The molecule has 0 bridgehead atoms. The lowest BCUT2D eigenvalue weighted by atomic mass is 10.0. The second kappa shape index (κ2) is 11.8. The van der Waals surface area contributed by atoms with Crippen LogP contribution in [0.2, 0.25) is 0 Å². The molecule has 2 aliphatic heterocycles. The third-order valence-electron chi connectivity index (χ3n) is 7.26. The molecule has 1 aromatic carbocycles. The van der Waals surface area contributed by atoms with E-state index in [4.69, 9.17) is 19.9 Å². The summed E-state index contributed by atoms with van der Waals surface area (Å²) in [6.45, 7) is 7.96. The van der Waals surface area contributed by atoms with Gasteiger partial charge in [0, 0.05) is 24.4 Å². The van der Waals surface area contributed by atoms with Crippen molar-refractivity contribution in [3.8, 4) is 11.6 Å². The van der Waals surface area contributed by atoms with E-state index in [0.29, 0.717) is 30.9 Å². The average Bonchev–Trinajstić information content (AvgIpc) is 3.45. The molecule has 1 saturated heterocycles. The van der Waals surface area contributed by atoms with Crippen molar-refractivity contribution in [1.29, 1.82) is 0 Å². The quantitative estimate of drug-likeness (QED) is 0.336. The smallest absolute Gasteiger partial charge is 0.416 e. The van der Waals surface area contributed by atoms with Gasteiger partial charge in [-0.25, -0.2) is 0 Å². The molecule has 1 fully saturated rings. The normalized spacial score (nSPS) is 18.5. The molecule has 5 rings (SSSR count). The van der Waals surface area contributed by atoms with Gasteiger partial charge in [-0.05, 0) is 55.2 Å². The molecule has 15 heteroatoms. The number of ether oxygens (including phenoxy) is 3. The summed E-state index contributed by atoms with van der Waals surface area (Å²) in [6, 6.07) is 5.56. The van der Waals surface area contributed by atoms with Crippen LogP contribution in [-0.2, 0) is 21.1 Å². The van der Waals surface area contributed by atoms with Crippen LogP contribution in [-0.4, -0.2) is 50.6 Å². The second-order valence-electron chi connectivity index (χ2n) is 10.9. The highest BCUT2D eigenvalue weighted by molar-refractivity contribution is 7.92. The van der Waals surface area contributed by atoms with Crippen LogP contribution >= 0.6 is 0 Å². The molecule has 0 radical (unpaired) electrons. The zero-order valence-electron chi connectivity index (χ0n) is 24.8. The summed E-state index contributed by atoms with van der Waals surface area (Å²) in [4.78, 5) is 9.05. The van der Waals surface area contributed by atoms with Gasteiger partial charge >= 0.3 is 16.4 Å². The van der Waals surface area contributed by atoms with Crippen LogP contribution in [0.1, 0.15) is 67.1 Å². The zero-order chi connectivity index (χ0) is 32.0. The fourth-order valence-electron chi connectivity index (χ4n) is 5.09. The number of nitrogen functional groups attached to an aromatic ring is 1. The van der Waals surface area contributed by atoms with Crippen LogP contribution in [0.5, 0.6) is 11.6 Å². The predicted molar refractivity (Wildman–Crippen MR) is 159 cm³/mol. The third-order valence-corrected chi connectivity index (χ3v) is 8.49. The molecule has 0 saturated carbocycles.